The zero-order valence-electron chi connectivity index (χ0n) is 4.64. The predicted octanol–water partition coefficient (Wildman–Crippen LogP) is 0.188. The molecule has 5 heteroatoms. The van der Waals surface area contributed by atoms with Gasteiger partial charge in [-0.15, -0.1) is 0 Å². The molecule has 0 aromatic heterocycles. The van der Waals surface area contributed by atoms with Gasteiger partial charge < -0.3 is 0 Å². The fourth-order valence-electron chi connectivity index (χ4n) is 0.142. The molecule has 0 saturated heterocycles. The van der Waals surface area contributed by atoms with Crippen LogP contribution in [0.2, 0.25) is 0 Å². The van der Waals surface area contributed by atoms with Crippen LogP contribution in [0.4, 0.5) is 7.66 Å². The molecule has 0 N–H and O–H groups in total. The van der Waals surface area contributed by atoms with Crippen molar-refractivity contribution in [2.45, 2.75) is 0 Å². The molecule has 1 amide bonds. The molecular weight excluding hydrogens is 220 g/mol. The van der Waals surface area contributed by atoms with E-state index in [0.29, 0.717) is 0 Å². The second-order valence-corrected chi connectivity index (χ2v) is 2.84. The van der Waals surface area contributed by atoms with Gasteiger partial charge in [-0.05, 0) is 0 Å². The molecular formula is C3H6FNO2Sn. The maximum absolute atomic E-state index is 11.5. The first kappa shape index (κ1) is 8.16. The Kier molecular flexibility index (Phi) is 4.16. The summed E-state index contributed by atoms with van der Waals surface area (Å²) in [6.45, 7) is 0. The normalized spacial score (nSPS) is 8.88. The van der Waals surface area contributed by atoms with Crippen molar-refractivity contribution in [3.05, 3.63) is 0 Å². The van der Waals surface area contributed by atoms with Crippen molar-refractivity contribution in [3.8, 4) is 0 Å². The SMILES string of the molecule is CON(C)[C](=O)[Sn][F]. The van der Waals surface area contributed by atoms with Crippen molar-refractivity contribution in [1.29, 1.82) is 0 Å². The first-order chi connectivity index (χ1) is 3.72. The Labute approximate surface area is 57.7 Å². The van der Waals surface area contributed by atoms with E-state index in [4.69, 9.17) is 0 Å². The van der Waals surface area contributed by atoms with Crippen LogP contribution < -0.4 is 0 Å². The van der Waals surface area contributed by atoms with Crippen LogP contribution in [0.15, 0.2) is 0 Å². The summed E-state index contributed by atoms with van der Waals surface area (Å²) in [4.78, 5) is 14.6. The van der Waals surface area contributed by atoms with Crippen molar-refractivity contribution in [1.82, 2.24) is 5.06 Å². The van der Waals surface area contributed by atoms with Crippen LogP contribution in [0, 0.1) is 0 Å². The van der Waals surface area contributed by atoms with Gasteiger partial charge in [0.05, 0.1) is 0 Å². The van der Waals surface area contributed by atoms with Crippen LogP contribution in [0.5, 0.6) is 0 Å². The number of hydrogen-bond acceptors (Lipinski definition) is 2. The Bertz CT molecular complexity index is 89.4. The number of hydrogen-bond donors (Lipinski definition) is 0. The molecule has 0 aliphatic rings. The Balaban J connectivity index is 3.46. The van der Waals surface area contributed by atoms with Crippen LogP contribution in [-0.4, -0.2) is 44.9 Å². The number of halogens is 1. The second kappa shape index (κ2) is 4.08. The van der Waals surface area contributed by atoms with E-state index in [9.17, 15) is 7.66 Å². The first-order valence-electron chi connectivity index (χ1n) is 1.90. The monoisotopic (exact) mass is 227 g/mol. The number of carbonyl (C=O) groups excluding carboxylic acids is 1. The fourth-order valence-corrected chi connectivity index (χ4v) is 0.743. The predicted molar refractivity (Wildman–Crippen MR) is 27.0 cm³/mol. The van der Waals surface area contributed by atoms with Crippen molar-refractivity contribution < 1.29 is 12.5 Å². The average molecular weight is 226 g/mol. The van der Waals surface area contributed by atoms with Gasteiger partial charge in [-0.3, -0.25) is 0 Å². The Morgan fingerprint density at radius 2 is 2.38 bits per heavy atom. The molecule has 0 saturated carbocycles. The van der Waals surface area contributed by atoms with Gasteiger partial charge in [-0.25, -0.2) is 0 Å². The Morgan fingerprint density at radius 1 is 1.88 bits per heavy atom. The molecule has 0 unspecified atom stereocenters. The standard InChI is InChI=1S/C3H6NO2.FH.Sn/c1-4(3-5)6-2;;/h1-2H3;1H;/q;;+1/p-1. The van der Waals surface area contributed by atoms with Crippen molar-refractivity contribution >= 4 is 25.6 Å². The topological polar surface area (TPSA) is 29.5 Å². The van der Waals surface area contributed by atoms with E-state index in [1.165, 1.54) is 14.2 Å². The third-order valence-corrected chi connectivity index (χ3v) is 2.00. The summed E-state index contributed by atoms with van der Waals surface area (Å²) in [5.74, 6) is 0. The molecule has 0 aliphatic carbocycles. The molecule has 0 aromatic rings. The van der Waals surface area contributed by atoms with Crippen LogP contribution in [0.3, 0.4) is 0 Å². The van der Waals surface area contributed by atoms with Crippen LogP contribution >= 0.6 is 0 Å². The zero-order valence-corrected chi connectivity index (χ0v) is 7.50. The summed E-state index contributed by atoms with van der Waals surface area (Å²) >= 11 is -2.29. The minimum absolute atomic E-state index is 0.504. The van der Waals surface area contributed by atoms with Crippen LogP contribution in [0.1, 0.15) is 0 Å². The molecule has 0 rings (SSSR count). The van der Waals surface area contributed by atoms with Gasteiger partial charge in [-0.2, -0.15) is 0 Å². The van der Waals surface area contributed by atoms with Crippen LogP contribution in [0.25, 0.3) is 0 Å². The van der Waals surface area contributed by atoms with Gasteiger partial charge >= 0.3 is 57.4 Å². The molecule has 0 bridgehead atoms. The van der Waals surface area contributed by atoms with Gasteiger partial charge in [0.25, 0.3) is 0 Å². The Morgan fingerprint density at radius 3 is 2.50 bits per heavy atom. The van der Waals surface area contributed by atoms with Crippen molar-refractivity contribution in [2.24, 2.45) is 0 Å². The summed E-state index contributed by atoms with van der Waals surface area (Å²) in [7, 11) is 2.72. The third kappa shape index (κ3) is 2.46. The number of carbonyl (C=O) groups is 1. The van der Waals surface area contributed by atoms with E-state index in [2.05, 4.69) is 4.84 Å². The van der Waals surface area contributed by atoms with Gasteiger partial charge in [0.15, 0.2) is 0 Å². The molecule has 8 heavy (non-hydrogen) atoms. The summed E-state index contributed by atoms with van der Waals surface area (Å²) in [5, 5.41) is 0.909. The van der Waals surface area contributed by atoms with E-state index in [1.54, 1.807) is 0 Å². The molecule has 0 atom stereocenters. The fraction of sp³-hybridized carbons (Fsp3) is 0.667. The van der Waals surface area contributed by atoms with Gasteiger partial charge in [-0.1, -0.05) is 0 Å². The molecule has 46 valence electrons. The van der Waals surface area contributed by atoms with E-state index in [1.807, 2.05) is 0 Å². The van der Waals surface area contributed by atoms with E-state index < -0.39 is 25.6 Å². The Hall–Kier alpha value is 0.159. The molecule has 0 spiro atoms. The molecule has 0 fully saturated rings. The van der Waals surface area contributed by atoms with Crippen LogP contribution in [-0.2, 0) is 4.84 Å². The van der Waals surface area contributed by atoms with E-state index in [-0.39, 0.29) is 0 Å². The first-order valence-corrected chi connectivity index (χ1v) is 4.41. The van der Waals surface area contributed by atoms with Gasteiger partial charge in [0.1, 0.15) is 0 Å². The number of hydroxylamine groups is 2. The molecule has 2 radical (unpaired) electrons. The second-order valence-electron chi connectivity index (χ2n) is 1.08. The number of nitrogens with zero attached hydrogens (tertiary/aromatic N) is 1. The quantitative estimate of drug-likeness (QED) is 0.496. The third-order valence-electron chi connectivity index (χ3n) is 0.641. The summed E-state index contributed by atoms with van der Waals surface area (Å²) in [6, 6.07) is 0. The minimum atomic E-state index is -2.29. The van der Waals surface area contributed by atoms with E-state index in [0.717, 1.165) is 5.06 Å². The van der Waals surface area contributed by atoms with Crippen molar-refractivity contribution in [3.63, 3.8) is 0 Å². The number of amides is 1. The van der Waals surface area contributed by atoms with Crippen molar-refractivity contribution in [2.75, 3.05) is 14.2 Å². The summed E-state index contributed by atoms with van der Waals surface area (Å²) in [6.07, 6.45) is 0. The maximum atomic E-state index is 11.5. The summed E-state index contributed by atoms with van der Waals surface area (Å²) in [5.41, 5.74) is 0. The summed E-state index contributed by atoms with van der Waals surface area (Å²) < 4.78 is 11.0. The molecule has 3 nitrogen and oxygen atoms in total. The molecule has 0 aromatic carbocycles. The molecule has 0 aliphatic heterocycles. The average Bonchev–Trinajstić information content (AvgIpc) is 1.84. The number of rotatable bonds is 2. The zero-order chi connectivity index (χ0) is 6.57. The van der Waals surface area contributed by atoms with E-state index >= 15 is 0 Å². The van der Waals surface area contributed by atoms with Gasteiger partial charge in [0.2, 0.25) is 0 Å². The van der Waals surface area contributed by atoms with Gasteiger partial charge in [0, 0.05) is 0 Å². The molecule has 0 heterocycles.